The van der Waals surface area contributed by atoms with Crippen LogP contribution in [0.1, 0.15) is 52.7 Å². The van der Waals surface area contributed by atoms with Gasteiger partial charge in [-0.3, -0.25) is 0 Å². The predicted octanol–water partition coefficient (Wildman–Crippen LogP) is 18.3. The molecule has 4 heterocycles. The molecule has 0 atom stereocenters. The first-order valence-electron chi connectivity index (χ1n) is 25.3. The first-order chi connectivity index (χ1) is 35.0. The smallest absolute Gasteiger partial charge is 0.0542 e. The standard InChI is InChI=1S/C68H54N4/c1-67(2,3)45-29-33-63-55(39-45)57-41-49(71-59-25-11-7-21-51(59)52-22-8-12-26-60(52)71)31-35-65(57)69(63)47-19-15-17-43(37-47)44-18-16-20-48(38-44)70-64-34-30-46(68(4,5)6)40-56(64)58-42-50(32-36-66(58)70)72-61-27-13-9-23-53(61)54-24-10-14-28-62(54)72/h7-42H,1-6H3. The first-order valence-corrected chi connectivity index (χ1v) is 25.3. The number of benzene rings is 10. The molecule has 4 aromatic heterocycles. The molecule has 4 nitrogen and oxygen atoms in total. The van der Waals surface area contributed by atoms with Gasteiger partial charge < -0.3 is 18.3 Å². The Hall–Kier alpha value is -8.60. The van der Waals surface area contributed by atoms with E-state index in [2.05, 4.69) is 278 Å². The van der Waals surface area contributed by atoms with Gasteiger partial charge in [0.05, 0.1) is 44.1 Å². The lowest BCUT2D eigenvalue weighted by atomic mass is 9.86. The Balaban J connectivity index is 0.926. The molecule has 0 bridgehead atoms. The molecular weight excluding hydrogens is 873 g/mol. The summed E-state index contributed by atoms with van der Waals surface area (Å²) < 4.78 is 9.79. The van der Waals surface area contributed by atoms with Gasteiger partial charge in [0.25, 0.3) is 0 Å². The van der Waals surface area contributed by atoms with Crippen molar-refractivity contribution in [1.29, 1.82) is 0 Å². The van der Waals surface area contributed by atoms with Crippen LogP contribution in [0.15, 0.2) is 218 Å². The van der Waals surface area contributed by atoms with E-state index in [-0.39, 0.29) is 10.8 Å². The third kappa shape index (κ3) is 6.38. The summed E-state index contributed by atoms with van der Waals surface area (Å²) in [4.78, 5) is 0. The van der Waals surface area contributed by atoms with E-state index in [0.29, 0.717) is 0 Å². The normalized spacial score (nSPS) is 12.6. The summed E-state index contributed by atoms with van der Waals surface area (Å²) in [5, 5.41) is 10.1. The lowest BCUT2D eigenvalue weighted by Gasteiger charge is -2.19. The SMILES string of the molecule is CC(C)(C)c1ccc2c(c1)c1cc(-n3c4ccccc4c4ccccc43)ccc1n2-c1cccc(-c2cccc(-n3c4ccc(-n5c6ccccc6c6ccccc65)cc4c4cc(C(C)(C)C)ccc43)c2)c1. The molecular formula is C68H54N4. The molecule has 0 amide bonds. The molecule has 0 unspecified atom stereocenters. The van der Waals surface area contributed by atoms with Crippen LogP contribution < -0.4 is 0 Å². The predicted molar refractivity (Wildman–Crippen MR) is 307 cm³/mol. The van der Waals surface area contributed by atoms with Gasteiger partial charge in [-0.1, -0.05) is 151 Å². The van der Waals surface area contributed by atoms with Crippen LogP contribution in [0.5, 0.6) is 0 Å². The zero-order valence-electron chi connectivity index (χ0n) is 41.6. The first kappa shape index (κ1) is 42.3. The van der Waals surface area contributed by atoms with Gasteiger partial charge in [0.2, 0.25) is 0 Å². The molecule has 0 spiro atoms. The third-order valence-corrected chi connectivity index (χ3v) is 15.4. The highest BCUT2D eigenvalue weighted by Gasteiger charge is 2.23. The summed E-state index contributed by atoms with van der Waals surface area (Å²) in [6, 6.07) is 81.6. The second-order valence-corrected chi connectivity index (χ2v) is 21.9. The minimum atomic E-state index is -0.00210. The molecule has 0 aliphatic rings. The van der Waals surface area contributed by atoms with Gasteiger partial charge in [-0.05, 0) is 142 Å². The number of nitrogens with zero attached hydrogens (tertiary/aromatic N) is 4. The molecule has 0 N–H and O–H groups in total. The fraction of sp³-hybridized carbons (Fsp3) is 0.118. The molecule has 0 saturated heterocycles. The average Bonchev–Trinajstić information content (AvgIpc) is 4.13. The van der Waals surface area contributed by atoms with Crippen molar-refractivity contribution < 1.29 is 0 Å². The highest BCUT2D eigenvalue weighted by Crippen LogP contribution is 2.42. The summed E-state index contributed by atoms with van der Waals surface area (Å²) >= 11 is 0. The highest BCUT2D eigenvalue weighted by atomic mass is 15.0. The van der Waals surface area contributed by atoms with Crippen molar-refractivity contribution in [3.8, 4) is 33.9 Å². The van der Waals surface area contributed by atoms with Crippen LogP contribution in [0.2, 0.25) is 0 Å². The molecule has 72 heavy (non-hydrogen) atoms. The molecule has 0 aliphatic heterocycles. The zero-order chi connectivity index (χ0) is 48.6. The van der Waals surface area contributed by atoms with E-state index in [1.165, 1.54) is 109 Å². The van der Waals surface area contributed by atoms with E-state index >= 15 is 0 Å². The molecule has 0 aliphatic carbocycles. The largest absolute Gasteiger partial charge is 0.309 e. The fourth-order valence-corrected chi connectivity index (χ4v) is 11.8. The molecule has 0 saturated carbocycles. The van der Waals surface area contributed by atoms with Crippen LogP contribution in [0.3, 0.4) is 0 Å². The van der Waals surface area contributed by atoms with Gasteiger partial charge in [-0.25, -0.2) is 0 Å². The lowest BCUT2D eigenvalue weighted by molar-refractivity contribution is 0.591. The van der Waals surface area contributed by atoms with Crippen LogP contribution in [-0.2, 0) is 10.8 Å². The monoisotopic (exact) mass is 926 g/mol. The van der Waals surface area contributed by atoms with E-state index in [9.17, 15) is 0 Å². The fourth-order valence-electron chi connectivity index (χ4n) is 11.8. The summed E-state index contributed by atoms with van der Waals surface area (Å²) in [7, 11) is 0. The maximum absolute atomic E-state index is 2.47. The summed E-state index contributed by atoms with van der Waals surface area (Å²) in [5.41, 5.74) is 19.2. The van der Waals surface area contributed by atoms with Gasteiger partial charge in [0.1, 0.15) is 0 Å². The van der Waals surface area contributed by atoms with E-state index in [4.69, 9.17) is 0 Å². The molecule has 14 aromatic rings. The maximum Gasteiger partial charge on any atom is 0.0542 e. The second kappa shape index (κ2) is 15.4. The van der Waals surface area contributed by atoms with Crippen LogP contribution in [0, 0.1) is 0 Å². The number of rotatable bonds is 5. The second-order valence-electron chi connectivity index (χ2n) is 21.9. The minimum Gasteiger partial charge on any atom is -0.309 e. The van der Waals surface area contributed by atoms with Crippen molar-refractivity contribution >= 4 is 87.2 Å². The topological polar surface area (TPSA) is 19.7 Å². The zero-order valence-corrected chi connectivity index (χ0v) is 41.6. The van der Waals surface area contributed by atoms with Crippen molar-refractivity contribution in [3.63, 3.8) is 0 Å². The van der Waals surface area contributed by atoms with E-state index in [1.54, 1.807) is 0 Å². The molecule has 0 fully saturated rings. The number of para-hydroxylation sites is 4. The van der Waals surface area contributed by atoms with E-state index in [0.717, 1.165) is 22.7 Å². The molecule has 346 valence electrons. The van der Waals surface area contributed by atoms with Gasteiger partial charge >= 0.3 is 0 Å². The quantitative estimate of drug-likeness (QED) is 0.164. The Morgan fingerprint density at radius 2 is 0.500 bits per heavy atom. The number of hydrogen-bond acceptors (Lipinski definition) is 0. The Kier molecular flexibility index (Phi) is 9.07. The van der Waals surface area contributed by atoms with E-state index in [1.807, 2.05) is 0 Å². The molecule has 10 aromatic carbocycles. The van der Waals surface area contributed by atoms with Crippen molar-refractivity contribution in [2.75, 3.05) is 0 Å². The molecule has 4 heteroatoms. The van der Waals surface area contributed by atoms with Crippen molar-refractivity contribution in [1.82, 2.24) is 18.3 Å². The third-order valence-electron chi connectivity index (χ3n) is 15.4. The minimum absolute atomic E-state index is 0.00210. The highest BCUT2D eigenvalue weighted by molar-refractivity contribution is 6.14. The lowest BCUT2D eigenvalue weighted by Crippen LogP contribution is -2.10. The maximum atomic E-state index is 2.47. The van der Waals surface area contributed by atoms with Crippen molar-refractivity contribution in [2.24, 2.45) is 0 Å². The van der Waals surface area contributed by atoms with Crippen LogP contribution in [0.25, 0.3) is 121 Å². The van der Waals surface area contributed by atoms with Gasteiger partial charge in [-0.15, -0.1) is 0 Å². The summed E-state index contributed by atoms with van der Waals surface area (Å²) in [5.74, 6) is 0. The number of fused-ring (bicyclic) bond motifs is 12. The Morgan fingerprint density at radius 3 is 0.833 bits per heavy atom. The Bertz CT molecular complexity index is 4130. The number of hydrogen-bond donors (Lipinski definition) is 0. The van der Waals surface area contributed by atoms with Crippen molar-refractivity contribution in [3.05, 3.63) is 230 Å². The van der Waals surface area contributed by atoms with Crippen molar-refractivity contribution in [2.45, 2.75) is 52.4 Å². The summed E-state index contributed by atoms with van der Waals surface area (Å²) in [6.07, 6.45) is 0. The van der Waals surface area contributed by atoms with Crippen LogP contribution in [0.4, 0.5) is 0 Å². The summed E-state index contributed by atoms with van der Waals surface area (Å²) in [6.45, 7) is 13.8. The van der Waals surface area contributed by atoms with Gasteiger partial charge in [-0.2, -0.15) is 0 Å². The van der Waals surface area contributed by atoms with Crippen LogP contribution >= 0.6 is 0 Å². The molecule has 0 radical (unpaired) electrons. The van der Waals surface area contributed by atoms with Gasteiger partial charge in [0.15, 0.2) is 0 Å². The molecule has 14 rings (SSSR count). The average molecular weight is 927 g/mol. The Labute approximate surface area is 419 Å². The van der Waals surface area contributed by atoms with E-state index < -0.39 is 0 Å². The Morgan fingerprint density at radius 1 is 0.222 bits per heavy atom. The van der Waals surface area contributed by atoms with Crippen LogP contribution in [-0.4, -0.2) is 18.3 Å². The van der Waals surface area contributed by atoms with Gasteiger partial charge in [0, 0.05) is 65.8 Å². The number of aromatic nitrogens is 4.